The van der Waals surface area contributed by atoms with Crippen LogP contribution in [0.5, 0.6) is 5.75 Å². The highest BCUT2D eigenvalue weighted by molar-refractivity contribution is 5.85. The SMILES string of the molecule is CCC(N)(CC)C(=O)NCc1ccc(OC(F)F)cc1. The van der Waals surface area contributed by atoms with Gasteiger partial charge in [0.05, 0.1) is 5.54 Å². The number of hydrogen-bond donors (Lipinski definition) is 2. The van der Waals surface area contributed by atoms with Crippen molar-refractivity contribution in [3.63, 3.8) is 0 Å². The Hall–Kier alpha value is -1.69. The first-order valence-electron chi connectivity index (χ1n) is 6.52. The van der Waals surface area contributed by atoms with Gasteiger partial charge in [0.15, 0.2) is 0 Å². The van der Waals surface area contributed by atoms with E-state index in [1.807, 2.05) is 13.8 Å². The minimum atomic E-state index is -2.84. The number of alkyl halides is 2. The van der Waals surface area contributed by atoms with Gasteiger partial charge in [0, 0.05) is 6.54 Å². The Kier molecular flexibility index (Phi) is 5.88. The maximum atomic E-state index is 12.0. The molecule has 0 aliphatic rings. The Labute approximate surface area is 117 Å². The number of halogens is 2. The van der Waals surface area contributed by atoms with Crippen molar-refractivity contribution < 1.29 is 18.3 Å². The highest BCUT2D eigenvalue weighted by Crippen LogP contribution is 2.15. The van der Waals surface area contributed by atoms with Gasteiger partial charge in [-0.1, -0.05) is 26.0 Å². The quantitative estimate of drug-likeness (QED) is 0.809. The summed E-state index contributed by atoms with van der Waals surface area (Å²) in [5.41, 5.74) is 5.89. The summed E-state index contributed by atoms with van der Waals surface area (Å²) >= 11 is 0. The van der Waals surface area contributed by atoms with E-state index in [9.17, 15) is 13.6 Å². The van der Waals surface area contributed by atoms with Crippen LogP contribution >= 0.6 is 0 Å². The maximum absolute atomic E-state index is 12.0. The van der Waals surface area contributed by atoms with E-state index in [2.05, 4.69) is 10.1 Å². The molecule has 0 saturated heterocycles. The van der Waals surface area contributed by atoms with Crippen molar-refractivity contribution in [1.82, 2.24) is 5.32 Å². The molecule has 0 bridgehead atoms. The lowest BCUT2D eigenvalue weighted by Gasteiger charge is -2.25. The largest absolute Gasteiger partial charge is 0.435 e. The second kappa shape index (κ2) is 7.19. The number of hydrogen-bond acceptors (Lipinski definition) is 3. The molecule has 112 valence electrons. The molecule has 0 heterocycles. The van der Waals surface area contributed by atoms with Gasteiger partial charge in [0.2, 0.25) is 5.91 Å². The molecule has 0 spiro atoms. The number of benzene rings is 1. The third kappa shape index (κ3) is 4.45. The van der Waals surface area contributed by atoms with Crippen LogP contribution in [0.25, 0.3) is 0 Å². The summed E-state index contributed by atoms with van der Waals surface area (Å²) in [5.74, 6) is -0.124. The zero-order chi connectivity index (χ0) is 15.2. The van der Waals surface area contributed by atoms with Gasteiger partial charge in [0.25, 0.3) is 0 Å². The highest BCUT2D eigenvalue weighted by atomic mass is 19.3. The van der Waals surface area contributed by atoms with Gasteiger partial charge in [-0.25, -0.2) is 0 Å². The third-order valence-corrected chi connectivity index (χ3v) is 3.32. The molecule has 1 aromatic carbocycles. The van der Waals surface area contributed by atoms with Crippen molar-refractivity contribution in [3.8, 4) is 5.75 Å². The Morgan fingerprint density at radius 3 is 2.30 bits per heavy atom. The fourth-order valence-electron chi connectivity index (χ4n) is 1.72. The number of rotatable bonds is 7. The molecule has 1 amide bonds. The highest BCUT2D eigenvalue weighted by Gasteiger charge is 2.29. The predicted octanol–water partition coefficient (Wildman–Crippen LogP) is 2.42. The van der Waals surface area contributed by atoms with Crippen molar-refractivity contribution in [1.29, 1.82) is 0 Å². The molecule has 0 radical (unpaired) electrons. The summed E-state index contributed by atoms with van der Waals surface area (Å²) in [6.45, 7) is 1.18. The lowest BCUT2D eigenvalue weighted by atomic mass is 9.93. The van der Waals surface area contributed by atoms with Gasteiger partial charge in [-0.2, -0.15) is 8.78 Å². The first kappa shape index (κ1) is 16.4. The number of carbonyl (C=O) groups is 1. The molecular weight excluding hydrogens is 266 g/mol. The molecule has 0 aliphatic heterocycles. The number of amides is 1. The standard InChI is InChI=1S/C14H20F2N2O2/c1-3-14(17,4-2)12(19)18-9-10-5-7-11(8-6-10)20-13(15)16/h5-8,13H,3-4,9,17H2,1-2H3,(H,18,19). The Morgan fingerprint density at radius 2 is 1.85 bits per heavy atom. The molecule has 0 aliphatic carbocycles. The third-order valence-electron chi connectivity index (χ3n) is 3.32. The van der Waals surface area contributed by atoms with E-state index in [1.54, 1.807) is 12.1 Å². The molecule has 0 saturated carbocycles. The fourth-order valence-corrected chi connectivity index (χ4v) is 1.72. The van der Waals surface area contributed by atoms with Crippen molar-refractivity contribution in [2.45, 2.75) is 45.4 Å². The molecule has 0 unspecified atom stereocenters. The average molecular weight is 286 g/mol. The fraction of sp³-hybridized carbons (Fsp3) is 0.500. The van der Waals surface area contributed by atoms with Crippen molar-refractivity contribution in [2.24, 2.45) is 5.73 Å². The number of nitrogens with two attached hydrogens (primary N) is 1. The van der Waals surface area contributed by atoms with Gasteiger partial charge in [-0.15, -0.1) is 0 Å². The van der Waals surface area contributed by atoms with E-state index in [4.69, 9.17) is 5.73 Å². The first-order chi connectivity index (χ1) is 9.41. The van der Waals surface area contributed by atoms with Crippen LogP contribution in [-0.4, -0.2) is 18.1 Å². The van der Waals surface area contributed by atoms with Crippen molar-refractivity contribution in [3.05, 3.63) is 29.8 Å². The lowest BCUT2D eigenvalue weighted by Crippen LogP contribution is -2.52. The summed E-state index contributed by atoms with van der Waals surface area (Å²) in [7, 11) is 0. The molecule has 1 aromatic rings. The minimum absolute atomic E-state index is 0.0883. The van der Waals surface area contributed by atoms with Crippen LogP contribution in [0.2, 0.25) is 0 Å². The van der Waals surface area contributed by atoms with Crippen LogP contribution in [0, 0.1) is 0 Å². The smallest absolute Gasteiger partial charge is 0.387 e. The zero-order valence-corrected chi connectivity index (χ0v) is 11.7. The Morgan fingerprint density at radius 1 is 1.30 bits per heavy atom. The molecule has 1 rings (SSSR count). The average Bonchev–Trinajstić information content (AvgIpc) is 2.44. The first-order valence-corrected chi connectivity index (χ1v) is 6.52. The summed E-state index contributed by atoms with van der Waals surface area (Å²) in [6.07, 6.45) is 1.10. The van der Waals surface area contributed by atoms with E-state index in [-0.39, 0.29) is 11.7 Å². The van der Waals surface area contributed by atoms with Gasteiger partial charge in [-0.3, -0.25) is 4.79 Å². The van der Waals surface area contributed by atoms with Crippen LogP contribution in [0.3, 0.4) is 0 Å². The summed E-state index contributed by atoms with van der Waals surface area (Å²) < 4.78 is 28.2. The van der Waals surface area contributed by atoms with Crippen LogP contribution in [0.4, 0.5) is 8.78 Å². The number of nitrogens with one attached hydrogen (secondary N) is 1. The summed E-state index contributed by atoms with van der Waals surface area (Å²) in [4.78, 5) is 12.0. The monoisotopic (exact) mass is 286 g/mol. The normalized spacial score (nSPS) is 11.5. The summed E-state index contributed by atoms with van der Waals surface area (Å²) in [6, 6.07) is 6.11. The van der Waals surface area contributed by atoms with Gasteiger partial charge < -0.3 is 15.8 Å². The Bertz CT molecular complexity index is 431. The molecule has 20 heavy (non-hydrogen) atoms. The molecular formula is C14H20F2N2O2. The molecule has 0 atom stereocenters. The van der Waals surface area contributed by atoms with Crippen molar-refractivity contribution in [2.75, 3.05) is 0 Å². The van der Waals surface area contributed by atoms with Gasteiger partial charge >= 0.3 is 6.61 Å². The van der Waals surface area contributed by atoms with E-state index in [0.717, 1.165) is 5.56 Å². The second-order valence-corrected chi connectivity index (χ2v) is 4.57. The lowest BCUT2D eigenvalue weighted by molar-refractivity contribution is -0.126. The second-order valence-electron chi connectivity index (χ2n) is 4.57. The van der Waals surface area contributed by atoms with Crippen LogP contribution < -0.4 is 15.8 Å². The van der Waals surface area contributed by atoms with Crippen LogP contribution in [0.1, 0.15) is 32.3 Å². The molecule has 0 fully saturated rings. The predicted molar refractivity (Wildman–Crippen MR) is 72.4 cm³/mol. The van der Waals surface area contributed by atoms with E-state index in [0.29, 0.717) is 19.4 Å². The van der Waals surface area contributed by atoms with Gasteiger partial charge in [0.1, 0.15) is 5.75 Å². The molecule has 6 heteroatoms. The number of ether oxygens (including phenoxy) is 1. The summed E-state index contributed by atoms with van der Waals surface area (Å²) in [5, 5.41) is 2.75. The number of carbonyl (C=O) groups excluding carboxylic acids is 1. The van der Waals surface area contributed by atoms with Crippen molar-refractivity contribution >= 4 is 5.91 Å². The van der Waals surface area contributed by atoms with E-state index in [1.165, 1.54) is 12.1 Å². The zero-order valence-electron chi connectivity index (χ0n) is 11.7. The minimum Gasteiger partial charge on any atom is -0.435 e. The molecule has 4 nitrogen and oxygen atoms in total. The maximum Gasteiger partial charge on any atom is 0.387 e. The van der Waals surface area contributed by atoms with Crippen LogP contribution in [0.15, 0.2) is 24.3 Å². The molecule has 0 aromatic heterocycles. The van der Waals surface area contributed by atoms with Crippen LogP contribution in [-0.2, 0) is 11.3 Å². The topological polar surface area (TPSA) is 64.4 Å². The van der Waals surface area contributed by atoms with E-state index >= 15 is 0 Å². The molecule has 3 N–H and O–H groups in total. The Balaban J connectivity index is 2.56. The van der Waals surface area contributed by atoms with Gasteiger partial charge in [-0.05, 0) is 30.5 Å². The van der Waals surface area contributed by atoms with E-state index < -0.39 is 12.2 Å².